The lowest BCUT2D eigenvalue weighted by Gasteiger charge is -2.10. The molecule has 0 aliphatic rings. The van der Waals surface area contributed by atoms with Crippen molar-refractivity contribution in [2.75, 3.05) is 0 Å². The highest BCUT2D eigenvalue weighted by Gasteiger charge is 2.09. The largest absolute Gasteiger partial charge is 0.251 e. The molecule has 292 valence electrons. The van der Waals surface area contributed by atoms with Crippen LogP contribution in [0.4, 0.5) is 11.4 Å². The summed E-state index contributed by atoms with van der Waals surface area (Å²) in [6.07, 6.45) is 43.3. The molecule has 0 spiro atoms. The van der Waals surface area contributed by atoms with Crippen LogP contribution < -0.4 is 0 Å². The van der Waals surface area contributed by atoms with Crippen LogP contribution in [0, 0.1) is 27.7 Å². The third-order valence-electron chi connectivity index (χ3n) is 11.1. The number of nitrogens with zero attached hydrogens (tertiary/aromatic N) is 2. The van der Waals surface area contributed by atoms with Gasteiger partial charge in [0.15, 0.2) is 0 Å². The monoisotopic (exact) mass is 711 g/mol. The molecule has 0 aliphatic heterocycles. The Morgan fingerprint density at radius 2 is 0.788 bits per heavy atom. The van der Waals surface area contributed by atoms with Crippen molar-refractivity contribution in [1.82, 2.24) is 0 Å². The number of hydrogen-bond donors (Lipinski definition) is 0. The highest BCUT2D eigenvalue weighted by Crippen LogP contribution is 2.22. The van der Waals surface area contributed by atoms with Crippen LogP contribution in [0.1, 0.15) is 216 Å². The number of allylic oxidation sites excluding steroid dienone is 2. The van der Waals surface area contributed by atoms with Crippen molar-refractivity contribution in [3.63, 3.8) is 0 Å². The summed E-state index contributed by atoms with van der Waals surface area (Å²) in [5, 5.41) is 0. The van der Waals surface area contributed by atoms with Gasteiger partial charge >= 0.3 is 0 Å². The Morgan fingerprint density at radius 3 is 1.17 bits per heavy atom. The molecule has 2 aromatic carbocycles. The average Bonchev–Trinajstić information content (AvgIpc) is 3.14. The van der Waals surface area contributed by atoms with Crippen LogP contribution >= 0.6 is 0 Å². The van der Waals surface area contributed by atoms with Crippen molar-refractivity contribution in [2.24, 2.45) is 9.98 Å². The molecule has 2 heteroatoms. The maximum atomic E-state index is 5.18. The van der Waals surface area contributed by atoms with Crippen molar-refractivity contribution in [1.29, 1.82) is 0 Å². The molecule has 0 aliphatic carbocycles. The topological polar surface area (TPSA) is 24.7 Å². The zero-order valence-corrected chi connectivity index (χ0v) is 35.3. The number of unbranched alkanes of at least 4 members (excludes halogenated alkanes) is 25. The predicted octanol–water partition coefficient (Wildman–Crippen LogP) is 17.3. The normalized spacial score (nSPS) is 12.4. The van der Waals surface area contributed by atoms with E-state index in [2.05, 4.69) is 90.1 Å². The maximum absolute atomic E-state index is 5.18. The van der Waals surface area contributed by atoms with Gasteiger partial charge in [0.2, 0.25) is 0 Å². The summed E-state index contributed by atoms with van der Waals surface area (Å²) in [6, 6.07) is 13.1. The molecule has 2 nitrogen and oxygen atoms in total. The molecule has 0 saturated carbocycles. The molecular formula is C50H82N2. The molecule has 0 unspecified atom stereocenters. The van der Waals surface area contributed by atoms with Crippen LogP contribution in [0.15, 0.2) is 58.5 Å². The molecule has 0 fully saturated rings. The first-order valence-corrected chi connectivity index (χ1v) is 22.4. The second-order valence-electron chi connectivity index (χ2n) is 16.0. The molecule has 0 atom stereocenters. The average molecular weight is 711 g/mol. The van der Waals surface area contributed by atoms with Gasteiger partial charge in [-0.2, -0.15) is 0 Å². The zero-order valence-electron chi connectivity index (χ0n) is 35.3. The molecule has 0 bridgehead atoms. The van der Waals surface area contributed by atoms with Gasteiger partial charge in [-0.25, -0.2) is 4.99 Å². The Hall–Kier alpha value is -2.48. The molecule has 0 aromatic heterocycles. The first-order chi connectivity index (χ1) is 25.4. The van der Waals surface area contributed by atoms with E-state index in [9.17, 15) is 0 Å². The fourth-order valence-corrected chi connectivity index (χ4v) is 7.09. The second kappa shape index (κ2) is 30.9. The lowest BCUT2D eigenvalue weighted by atomic mass is 10.0. The summed E-state index contributed by atoms with van der Waals surface area (Å²) >= 11 is 0. The summed E-state index contributed by atoms with van der Waals surface area (Å²) in [4.78, 5) is 10.4. The molecule has 0 N–H and O–H groups in total. The summed E-state index contributed by atoms with van der Waals surface area (Å²) in [6.45, 7) is 13.2. The minimum atomic E-state index is 0.941. The maximum Gasteiger partial charge on any atom is 0.0848 e. The van der Waals surface area contributed by atoms with Crippen LogP contribution in [0.2, 0.25) is 0 Å². The van der Waals surface area contributed by atoms with Gasteiger partial charge in [-0.05, 0) is 106 Å². The summed E-state index contributed by atoms with van der Waals surface area (Å²) in [7, 11) is 0. The van der Waals surface area contributed by atoms with Gasteiger partial charge in [-0.3, -0.25) is 4.99 Å². The van der Waals surface area contributed by atoms with E-state index < -0.39 is 0 Å². The van der Waals surface area contributed by atoms with E-state index >= 15 is 0 Å². The number of aryl methyl sites for hydroxylation is 4. The van der Waals surface area contributed by atoms with Crippen molar-refractivity contribution in [2.45, 2.75) is 221 Å². The van der Waals surface area contributed by atoms with Gasteiger partial charge in [0, 0.05) is 0 Å². The smallest absolute Gasteiger partial charge is 0.0848 e. The van der Waals surface area contributed by atoms with Gasteiger partial charge in [0.25, 0.3) is 0 Å². The van der Waals surface area contributed by atoms with Crippen LogP contribution in [0.3, 0.4) is 0 Å². The van der Waals surface area contributed by atoms with Crippen molar-refractivity contribution in [3.8, 4) is 0 Å². The van der Waals surface area contributed by atoms with Crippen LogP contribution in [0.5, 0.6) is 0 Å². The summed E-state index contributed by atoms with van der Waals surface area (Å²) in [5.74, 6) is 0. The van der Waals surface area contributed by atoms with Crippen LogP contribution in [0.25, 0.3) is 0 Å². The molecule has 0 amide bonds. The van der Waals surface area contributed by atoms with E-state index in [-0.39, 0.29) is 0 Å². The number of benzene rings is 2. The Morgan fingerprint density at radius 1 is 0.423 bits per heavy atom. The molecule has 2 aromatic rings. The van der Waals surface area contributed by atoms with Gasteiger partial charge in [0.05, 0.1) is 22.8 Å². The molecule has 2 rings (SSSR count). The van der Waals surface area contributed by atoms with Crippen molar-refractivity contribution < 1.29 is 0 Å². The lowest BCUT2D eigenvalue weighted by Crippen LogP contribution is -2.12. The molecular weight excluding hydrogens is 629 g/mol. The van der Waals surface area contributed by atoms with Crippen molar-refractivity contribution >= 4 is 22.8 Å². The summed E-state index contributed by atoms with van der Waals surface area (Å²) in [5.41, 5.74) is 9.34. The third kappa shape index (κ3) is 22.6. The van der Waals surface area contributed by atoms with Gasteiger partial charge in [-0.1, -0.05) is 186 Å². The van der Waals surface area contributed by atoms with E-state index in [0.29, 0.717) is 0 Å². The molecule has 0 radical (unpaired) electrons. The predicted molar refractivity (Wildman–Crippen MR) is 236 cm³/mol. The molecule has 0 saturated heterocycles. The van der Waals surface area contributed by atoms with Gasteiger partial charge < -0.3 is 0 Å². The highest BCUT2D eigenvalue weighted by atomic mass is 14.8. The molecule has 52 heavy (non-hydrogen) atoms. The standard InChI is InChI=1S/C50H82N2/c1-7-9-11-12-13-14-15-16-17-18-19-20-21-22-23-24-25-26-27-28-29-30-31-32-33-34-36-50(52-48-40-38-44(4)46(6)42-48)49(35-10-8-2)51-47-39-37-43(3)45(5)41-47/h34,36-42H,7-33,35H2,1-6H3/b36-34+,51-49?,52-50?. The Bertz CT molecular complexity index is 1270. The third-order valence-corrected chi connectivity index (χ3v) is 11.1. The fraction of sp³-hybridized carbons (Fsp3) is 0.680. The van der Waals surface area contributed by atoms with Gasteiger partial charge in [-0.15, -0.1) is 0 Å². The van der Waals surface area contributed by atoms with E-state index in [1.165, 1.54) is 176 Å². The number of rotatable bonds is 32. The zero-order chi connectivity index (χ0) is 37.5. The Labute approximate surface area is 323 Å². The minimum absolute atomic E-state index is 0.941. The number of hydrogen-bond acceptors (Lipinski definition) is 2. The first kappa shape index (κ1) is 45.7. The lowest BCUT2D eigenvalue weighted by molar-refractivity contribution is 0.517. The fourth-order valence-electron chi connectivity index (χ4n) is 7.09. The van der Waals surface area contributed by atoms with E-state index in [1.807, 2.05) is 0 Å². The molecule has 0 heterocycles. The van der Waals surface area contributed by atoms with Gasteiger partial charge in [0.1, 0.15) is 0 Å². The Kier molecular flexibility index (Phi) is 27.2. The van der Waals surface area contributed by atoms with Crippen LogP contribution in [-0.2, 0) is 0 Å². The Balaban J connectivity index is 1.60. The SMILES string of the molecule is CCCCCCCCCCCCCCCCCCCCCCCCCC/C=C/C(=Nc1ccc(C)c(C)c1)C(CCCC)=Nc1ccc(C)c(C)c1. The van der Waals surface area contributed by atoms with Crippen LogP contribution in [-0.4, -0.2) is 11.4 Å². The second-order valence-corrected chi connectivity index (χ2v) is 16.0. The number of aliphatic imine (C=N–C) groups is 2. The highest BCUT2D eigenvalue weighted by molar-refractivity contribution is 6.47. The quantitative estimate of drug-likeness (QED) is 0.0533. The van der Waals surface area contributed by atoms with E-state index in [0.717, 1.165) is 48.5 Å². The van der Waals surface area contributed by atoms with E-state index in [1.54, 1.807) is 0 Å². The minimum Gasteiger partial charge on any atom is -0.251 e. The van der Waals surface area contributed by atoms with E-state index in [4.69, 9.17) is 9.98 Å². The first-order valence-electron chi connectivity index (χ1n) is 22.4. The van der Waals surface area contributed by atoms with Crippen molar-refractivity contribution in [3.05, 3.63) is 70.8 Å². The summed E-state index contributed by atoms with van der Waals surface area (Å²) < 4.78 is 0.